The van der Waals surface area contributed by atoms with Crippen molar-refractivity contribution in [2.24, 2.45) is 5.92 Å². The number of likely N-dealkylation sites (tertiary alicyclic amines) is 1. The molecule has 1 aromatic carbocycles. The molecule has 2 fully saturated rings. The Morgan fingerprint density at radius 3 is 1.88 bits per heavy atom. The zero-order chi connectivity index (χ0) is 23.6. The molecule has 1 heterocycles. The number of carbonyl (C=O) groups excluding carboxylic acids is 1. The Labute approximate surface area is 200 Å². The van der Waals surface area contributed by atoms with Gasteiger partial charge in [-0.2, -0.15) is 0 Å². The second kappa shape index (κ2) is 9.62. The third-order valence-corrected chi connectivity index (χ3v) is 8.38. The summed E-state index contributed by atoms with van der Waals surface area (Å²) in [5.41, 5.74) is 2.81. The molecule has 33 heavy (non-hydrogen) atoms. The lowest BCUT2D eigenvalue weighted by Crippen LogP contribution is -2.60. The lowest BCUT2D eigenvalue weighted by Gasteiger charge is -2.53. The van der Waals surface area contributed by atoms with Crippen LogP contribution in [0.1, 0.15) is 89.2 Å². The minimum absolute atomic E-state index is 0.0197. The van der Waals surface area contributed by atoms with Crippen molar-refractivity contribution in [1.29, 1.82) is 0 Å². The first kappa shape index (κ1) is 24.0. The largest absolute Gasteiger partial charge is 0.462 e. The Morgan fingerprint density at radius 1 is 0.818 bits per heavy atom. The minimum atomic E-state index is 0.0197. The van der Waals surface area contributed by atoms with E-state index in [1.807, 2.05) is 0 Å². The fraction of sp³-hybridized carbons (Fsp3) is 0.567. The Morgan fingerprint density at radius 2 is 1.33 bits per heavy atom. The van der Waals surface area contributed by atoms with Crippen LogP contribution >= 0.6 is 0 Å². The number of rotatable bonds is 4. The summed E-state index contributed by atoms with van der Waals surface area (Å²) in [5, 5.41) is 0. The molecule has 0 N–H and O–H groups in total. The highest BCUT2D eigenvalue weighted by Gasteiger charge is 2.45. The predicted octanol–water partition coefficient (Wildman–Crippen LogP) is 6.92. The van der Waals surface area contributed by atoms with Gasteiger partial charge < -0.3 is 4.74 Å². The van der Waals surface area contributed by atoms with Gasteiger partial charge in [0.15, 0.2) is 0 Å². The van der Waals surface area contributed by atoms with Gasteiger partial charge in [0.05, 0.1) is 5.92 Å². The summed E-state index contributed by atoms with van der Waals surface area (Å²) in [6.07, 6.45) is 18.7. The highest BCUT2D eigenvalue weighted by Crippen LogP contribution is 2.40. The molecule has 3 nitrogen and oxygen atoms in total. The normalized spacial score (nSPS) is 27.9. The second-order valence-electron chi connectivity index (χ2n) is 11.5. The maximum absolute atomic E-state index is 13.0. The van der Waals surface area contributed by atoms with Gasteiger partial charge in [-0.05, 0) is 77.5 Å². The fourth-order valence-electron chi connectivity index (χ4n) is 6.06. The molecule has 0 unspecified atom stereocenters. The number of esters is 1. The van der Waals surface area contributed by atoms with Crippen molar-refractivity contribution < 1.29 is 9.53 Å². The van der Waals surface area contributed by atoms with E-state index in [2.05, 4.69) is 100 Å². The number of hydrogen-bond acceptors (Lipinski definition) is 3. The van der Waals surface area contributed by atoms with Gasteiger partial charge in [-0.25, -0.2) is 0 Å². The number of ether oxygens (including phenoxy) is 1. The molecule has 3 aliphatic rings. The van der Waals surface area contributed by atoms with Crippen molar-refractivity contribution in [1.82, 2.24) is 4.90 Å². The van der Waals surface area contributed by atoms with Crippen LogP contribution in [0.2, 0.25) is 0 Å². The first-order valence-electron chi connectivity index (χ1n) is 12.7. The van der Waals surface area contributed by atoms with Crippen molar-refractivity contribution >= 4 is 5.97 Å². The molecule has 1 aromatic rings. The maximum atomic E-state index is 13.0. The number of hydrogen-bond donors (Lipinski definition) is 0. The van der Waals surface area contributed by atoms with Gasteiger partial charge in [0.1, 0.15) is 6.10 Å². The van der Waals surface area contributed by atoms with Gasteiger partial charge in [-0.3, -0.25) is 9.69 Å². The van der Waals surface area contributed by atoms with E-state index in [1.165, 1.54) is 11.1 Å². The first-order valence-corrected chi connectivity index (χ1v) is 12.7. The van der Waals surface area contributed by atoms with Gasteiger partial charge >= 0.3 is 5.97 Å². The molecule has 0 bridgehead atoms. The molecule has 1 aliphatic heterocycles. The maximum Gasteiger partial charge on any atom is 0.309 e. The van der Waals surface area contributed by atoms with Gasteiger partial charge in [-0.15, -0.1) is 0 Å². The number of allylic oxidation sites excluding steroid dienone is 6. The summed E-state index contributed by atoms with van der Waals surface area (Å²) in [5.74, 6) is 0.978. The van der Waals surface area contributed by atoms with Crippen LogP contribution in [0, 0.1) is 5.92 Å². The van der Waals surface area contributed by atoms with Crippen molar-refractivity contribution in [3.63, 3.8) is 0 Å². The van der Waals surface area contributed by atoms with Gasteiger partial charge in [0, 0.05) is 29.8 Å². The average Bonchev–Trinajstić information content (AvgIpc) is 3.07. The minimum Gasteiger partial charge on any atom is -0.462 e. The number of piperidine rings is 1. The standard InChI is InChI=1S/C30H41NO2/c1-29(2)20-27(21-30(3,4)31(29)5)33-28(32)26-18-16-25(17-19-26)24-14-12-23(13-15-24)22-10-8-6-7-9-11-22/h6-15,22,25-27H,16-21H2,1-5H3. The van der Waals surface area contributed by atoms with Gasteiger partial charge in [-0.1, -0.05) is 60.7 Å². The summed E-state index contributed by atoms with van der Waals surface area (Å²) in [4.78, 5) is 15.4. The lowest BCUT2D eigenvalue weighted by molar-refractivity contribution is -0.164. The highest BCUT2D eigenvalue weighted by atomic mass is 16.5. The Hall–Kier alpha value is -2.13. The lowest BCUT2D eigenvalue weighted by atomic mass is 9.77. The topological polar surface area (TPSA) is 29.5 Å². The smallest absolute Gasteiger partial charge is 0.309 e. The summed E-state index contributed by atoms with van der Waals surface area (Å²) < 4.78 is 6.10. The van der Waals surface area contributed by atoms with Crippen LogP contribution in [0.5, 0.6) is 0 Å². The second-order valence-corrected chi connectivity index (χ2v) is 11.5. The van der Waals surface area contributed by atoms with E-state index in [0.29, 0.717) is 11.8 Å². The number of benzene rings is 1. The zero-order valence-electron chi connectivity index (χ0n) is 21.1. The van der Waals surface area contributed by atoms with E-state index >= 15 is 0 Å². The van der Waals surface area contributed by atoms with E-state index in [-0.39, 0.29) is 29.1 Å². The molecule has 178 valence electrons. The molecule has 0 radical (unpaired) electrons. The third kappa shape index (κ3) is 5.51. The van der Waals surface area contributed by atoms with Crippen molar-refractivity contribution in [2.45, 2.75) is 95.2 Å². The van der Waals surface area contributed by atoms with Crippen LogP contribution < -0.4 is 0 Å². The molecular formula is C30H41NO2. The molecule has 4 rings (SSSR count). The Balaban J connectivity index is 1.30. The molecule has 1 saturated heterocycles. The highest BCUT2D eigenvalue weighted by molar-refractivity contribution is 5.72. The molecule has 1 saturated carbocycles. The Bertz CT molecular complexity index is 879. The molecule has 0 amide bonds. The molecule has 2 aliphatic carbocycles. The quantitative estimate of drug-likeness (QED) is 0.469. The van der Waals surface area contributed by atoms with Crippen LogP contribution in [0.3, 0.4) is 0 Å². The molecule has 0 atom stereocenters. The Kier molecular flexibility index (Phi) is 7.00. The predicted molar refractivity (Wildman–Crippen MR) is 136 cm³/mol. The van der Waals surface area contributed by atoms with Crippen molar-refractivity contribution in [2.75, 3.05) is 7.05 Å². The molecular weight excluding hydrogens is 406 g/mol. The number of carbonyl (C=O) groups is 1. The SMILES string of the molecule is CN1C(C)(C)CC(OC(=O)C2CCC(c3ccc(C4C=CC=CC=C4)cc3)CC2)CC1(C)C. The summed E-state index contributed by atoms with van der Waals surface area (Å²) in [6, 6.07) is 9.12. The van der Waals surface area contributed by atoms with E-state index in [1.54, 1.807) is 0 Å². The van der Waals surface area contributed by atoms with E-state index in [4.69, 9.17) is 4.74 Å². The van der Waals surface area contributed by atoms with Crippen molar-refractivity contribution in [3.05, 3.63) is 71.8 Å². The van der Waals surface area contributed by atoms with Crippen LogP contribution in [0.15, 0.2) is 60.7 Å². The van der Waals surface area contributed by atoms with Crippen LogP contribution in [-0.2, 0) is 9.53 Å². The fourth-order valence-corrected chi connectivity index (χ4v) is 6.06. The molecule has 0 spiro atoms. The zero-order valence-corrected chi connectivity index (χ0v) is 21.1. The summed E-state index contributed by atoms with van der Waals surface area (Å²) in [7, 11) is 2.19. The molecule has 0 aromatic heterocycles. The summed E-state index contributed by atoms with van der Waals surface area (Å²) >= 11 is 0. The van der Waals surface area contributed by atoms with Crippen LogP contribution in [-0.4, -0.2) is 35.1 Å². The van der Waals surface area contributed by atoms with E-state index in [9.17, 15) is 4.79 Å². The summed E-state index contributed by atoms with van der Waals surface area (Å²) in [6.45, 7) is 9.02. The van der Waals surface area contributed by atoms with Crippen LogP contribution in [0.4, 0.5) is 0 Å². The monoisotopic (exact) mass is 447 g/mol. The third-order valence-electron chi connectivity index (χ3n) is 8.38. The van der Waals surface area contributed by atoms with Gasteiger partial charge in [0.25, 0.3) is 0 Å². The van der Waals surface area contributed by atoms with E-state index < -0.39 is 0 Å². The average molecular weight is 448 g/mol. The van der Waals surface area contributed by atoms with E-state index in [0.717, 1.165) is 38.5 Å². The van der Waals surface area contributed by atoms with Gasteiger partial charge in [0.2, 0.25) is 0 Å². The molecule has 3 heteroatoms. The number of nitrogens with zero attached hydrogens (tertiary/aromatic N) is 1. The van der Waals surface area contributed by atoms with Crippen LogP contribution in [0.25, 0.3) is 0 Å². The van der Waals surface area contributed by atoms with Crippen molar-refractivity contribution in [3.8, 4) is 0 Å². The first-order chi connectivity index (χ1) is 15.7.